The van der Waals surface area contributed by atoms with Gasteiger partial charge in [0.05, 0.1) is 0 Å². The monoisotopic (exact) mass is 274 g/mol. The fourth-order valence-corrected chi connectivity index (χ4v) is 1.66. The van der Waals surface area contributed by atoms with Gasteiger partial charge >= 0.3 is 0 Å². The zero-order valence-electron chi connectivity index (χ0n) is 10.7. The van der Waals surface area contributed by atoms with Crippen molar-refractivity contribution >= 4 is 18.3 Å². The first-order valence-electron chi connectivity index (χ1n) is 5.81. The maximum Gasteiger partial charge on any atom is 0.220 e. The lowest BCUT2D eigenvalue weighted by Crippen LogP contribution is -2.31. The maximum atomic E-state index is 13.5. The van der Waals surface area contributed by atoms with Crippen LogP contribution in [0.2, 0.25) is 0 Å². The summed E-state index contributed by atoms with van der Waals surface area (Å²) in [4.78, 5) is 11.6. The molecular weight excluding hydrogens is 255 g/mol. The van der Waals surface area contributed by atoms with Gasteiger partial charge in [0, 0.05) is 19.5 Å². The van der Waals surface area contributed by atoms with Crippen LogP contribution in [0.25, 0.3) is 0 Å². The quantitative estimate of drug-likeness (QED) is 0.780. The van der Waals surface area contributed by atoms with Crippen LogP contribution in [-0.2, 0) is 4.79 Å². The second-order valence-corrected chi connectivity index (χ2v) is 4.08. The van der Waals surface area contributed by atoms with Gasteiger partial charge in [-0.2, -0.15) is 0 Å². The second kappa shape index (κ2) is 8.89. The fourth-order valence-electron chi connectivity index (χ4n) is 1.66. The van der Waals surface area contributed by atoms with Gasteiger partial charge in [0.1, 0.15) is 5.82 Å². The summed E-state index contributed by atoms with van der Waals surface area (Å²) in [5.74, 6) is -0.398. The molecule has 0 heterocycles. The zero-order valence-corrected chi connectivity index (χ0v) is 11.5. The van der Waals surface area contributed by atoms with Crippen molar-refractivity contribution in [1.82, 2.24) is 10.6 Å². The SMILES string of the molecule is CNCCNC(=O)CC(C)c1ccccc1F.Cl. The Kier molecular flexibility index (Phi) is 8.33. The van der Waals surface area contributed by atoms with Crippen LogP contribution in [0, 0.1) is 5.82 Å². The van der Waals surface area contributed by atoms with Crippen LogP contribution in [0.3, 0.4) is 0 Å². The van der Waals surface area contributed by atoms with Gasteiger partial charge in [0.25, 0.3) is 0 Å². The molecule has 0 aliphatic carbocycles. The largest absolute Gasteiger partial charge is 0.355 e. The fraction of sp³-hybridized carbons (Fsp3) is 0.462. The van der Waals surface area contributed by atoms with Crippen molar-refractivity contribution in [3.63, 3.8) is 0 Å². The highest BCUT2D eigenvalue weighted by molar-refractivity contribution is 5.85. The minimum Gasteiger partial charge on any atom is -0.355 e. The van der Waals surface area contributed by atoms with E-state index >= 15 is 0 Å². The third-order valence-electron chi connectivity index (χ3n) is 2.62. The third kappa shape index (κ3) is 5.47. The van der Waals surface area contributed by atoms with Crippen molar-refractivity contribution in [3.05, 3.63) is 35.6 Å². The molecule has 18 heavy (non-hydrogen) atoms. The normalized spacial score (nSPS) is 11.5. The van der Waals surface area contributed by atoms with Crippen molar-refractivity contribution in [3.8, 4) is 0 Å². The Morgan fingerprint density at radius 3 is 2.61 bits per heavy atom. The summed E-state index contributed by atoms with van der Waals surface area (Å²) in [7, 11) is 1.83. The van der Waals surface area contributed by atoms with E-state index in [9.17, 15) is 9.18 Å². The molecule has 102 valence electrons. The Labute approximate surface area is 114 Å². The van der Waals surface area contributed by atoms with Crippen molar-refractivity contribution in [2.24, 2.45) is 0 Å². The molecule has 3 nitrogen and oxygen atoms in total. The highest BCUT2D eigenvalue weighted by Gasteiger charge is 2.13. The van der Waals surface area contributed by atoms with Gasteiger partial charge in [0.15, 0.2) is 0 Å². The minimum atomic E-state index is -0.247. The summed E-state index contributed by atoms with van der Waals surface area (Å²) in [5.41, 5.74) is 0.594. The van der Waals surface area contributed by atoms with E-state index in [1.54, 1.807) is 18.2 Å². The average molecular weight is 275 g/mol. The number of hydrogen-bond acceptors (Lipinski definition) is 2. The summed E-state index contributed by atoms with van der Waals surface area (Å²) in [5, 5.41) is 5.72. The van der Waals surface area contributed by atoms with Crippen LogP contribution < -0.4 is 10.6 Å². The zero-order chi connectivity index (χ0) is 12.7. The number of amides is 1. The van der Waals surface area contributed by atoms with Gasteiger partial charge in [-0.05, 0) is 24.6 Å². The molecular formula is C13H20ClFN2O. The van der Waals surface area contributed by atoms with Crippen LogP contribution in [0.5, 0.6) is 0 Å². The first-order chi connectivity index (χ1) is 8.15. The van der Waals surface area contributed by atoms with E-state index < -0.39 is 0 Å². The highest BCUT2D eigenvalue weighted by Crippen LogP contribution is 2.21. The summed E-state index contributed by atoms with van der Waals surface area (Å²) in [6.07, 6.45) is 0.310. The topological polar surface area (TPSA) is 41.1 Å². The first-order valence-corrected chi connectivity index (χ1v) is 5.81. The molecule has 1 atom stereocenters. The van der Waals surface area contributed by atoms with Crippen LogP contribution in [0.4, 0.5) is 4.39 Å². The Balaban J connectivity index is 0.00000289. The predicted octanol–water partition coefficient (Wildman–Crippen LogP) is 2.08. The minimum absolute atomic E-state index is 0. The van der Waals surface area contributed by atoms with Gasteiger partial charge in [0.2, 0.25) is 5.91 Å². The van der Waals surface area contributed by atoms with Crippen molar-refractivity contribution in [1.29, 1.82) is 0 Å². The number of carbonyl (C=O) groups excluding carboxylic acids is 1. The lowest BCUT2D eigenvalue weighted by molar-refractivity contribution is -0.121. The van der Waals surface area contributed by atoms with E-state index in [0.717, 1.165) is 6.54 Å². The number of benzene rings is 1. The van der Waals surface area contributed by atoms with Gasteiger partial charge in [-0.25, -0.2) is 4.39 Å². The Hall–Kier alpha value is -1.13. The molecule has 0 saturated heterocycles. The van der Waals surface area contributed by atoms with E-state index in [2.05, 4.69) is 10.6 Å². The van der Waals surface area contributed by atoms with Crippen LogP contribution in [0.1, 0.15) is 24.8 Å². The molecule has 0 radical (unpaired) electrons. The molecule has 2 N–H and O–H groups in total. The van der Waals surface area contributed by atoms with Gasteiger partial charge < -0.3 is 10.6 Å². The van der Waals surface area contributed by atoms with Crippen molar-refractivity contribution in [2.45, 2.75) is 19.3 Å². The number of carbonyl (C=O) groups is 1. The molecule has 5 heteroatoms. The molecule has 1 aromatic rings. The lowest BCUT2D eigenvalue weighted by atomic mass is 9.97. The maximum absolute atomic E-state index is 13.5. The molecule has 1 rings (SSSR count). The molecule has 1 aromatic carbocycles. The molecule has 1 amide bonds. The van der Waals surface area contributed by atoms with E-state index in [0.29, 0.717) is 18.5 Å². The summed E-state index contributed by atoms with van der Waals surface area (Å²) < 4.78 is 13.5. The standard InChI is InChI=1S/C13H19FN2O.ClH/c1-10(9-13(17)16-8-7-15-2)11-5-3-4-6-12(11)14;/h3-6,10,15H,7-9H2,1-2H3,(H,16,17);1H. The molecule has 0 spiro atoms. The number of likely N-dealkylation sites (N-methyl/N-ethyl adjacent to an activating group) is 1. The van der Waals surface area contributed by atoms with Crippen LogP contribution in [-0.4, -0.2) is 26.0 Å². The Bertz CT molecular complexity index is 374. The molecule has 0 saturated carbocycles. The number of nitrogens with one attached hydrogen (secondary N) is 2. The summed E-state index contributed by atoms with van der Waals surface area (Å²) in [6, 6.07) is 6.58. The number of rotatable bonds is 6. The molecule has 0 aliphatic rings. The van der Waals surface area contributed by atoms with Crippen LogP contribution in [0.15, 0.2) is 24.3 Å². The van der Waals surface area contributed by atoms with Gasteiger partial charge in [-0.1, -0.05) is 25.1 Å². The average Bonchev–Trinajstić information content (AvgIpc) is 2.29. The molecule has 1 unspecified atom stereocenters. The Morgan fingerprint density at radius 2 is 2.00 bits per heavy atom. The highest BCUT2D eigenvalue weighted by atomic mass is 35.5. The Morgan fingerprint density at radius 1 is 1.33 bits per heavy atom. The number of hydrogen-bond donors (Lipinski definition) is 2. The van der Waals surface area contributed by atoms with Crippen molar-refractivity contribution < 1.29 is 9.18 Å². The lowest BCUT2D eigenvalue weighted by Gasteiger charge is -2.12. The molecule has 0 aliphatic heterocycles. The smallest absolute Gasteiger partial charge is 0.220 e. The second-order valence-electron chi connectivity index (χ2n) is 4.08. The van der Waals surface area contributed by atoms with Gasteiger partial charge in [-0.3, -0.25) is 4.79 Å². The van der Waals surface area contributed by atoms with Gasteiger partial charge in [-0.15, -0.1) is 12.4 Å². The van der Waals surface area contributed by atoms with Crippen LogP contribution >= 0.6 is 12.4 Å². The number of halogens is 2. The van der Waals surface area contributed by atoms with E-state index in [1.807, 2.05) is 14.0 Å². The molecule has 0 bridgehead atoms. The molecule has 0 aromatic heterocycles. The molecule has 0 fully saturated rings. The summed E-state index contributed by atoms with van der Waals surface area (Å²) >= 11 is 0. The van der Waals surface area contributed by atoms with E-state index in [4.69, 9.17) is 0 Å². The van der Waals surface area contributed by atoms with E-state index in [1.165, 1.54) is 6.07 Å². The third-order valence-corrected chi connectivity index (χ3v) is 2.62. The summed E-state index contributed by atoms with van der Waals surface area (Å²) in [6.45, 7) is 3.19. The predicted molar refractivity (Wildman–Crippen MR) is 73.6 cm³/mol. The van der Waals surface area contributed by atoms with Crippen molar-refractivity contribution in [2.75, 3.05) is 20.1 Å². The first kappa shape index (κ1) is 16.9. The van der Waals surface area contributed by atoms with E-state index in [-0.39, 0.29) is 30.0 Å².